The molecule has 2 N–H and O–H groups in total. The maximum absolute atomic E-state index is 14.8. The monoisotopic (exact) mass is 390 g/mol. The first-order valence-electron chi connectivity index (χ1n) is 8.43. The Morgan fingerprint density at radius 1 is 1.11 bits per heavy atom. The number of fused-ring (bicyclic) bond motifs is 1. The zero-order chi connectivity index (χ0) is 19.5. The zero-order valence-electron chi connectivity index (χ0n) is 15.1. The molecule has 0 fully saturated rings. The quantitative estimate of drug-likeness (QED) is 0.406. The fourth-order valence-corrected chi connectivity index (χ4v) is 3.22. The highest BCUT2D eigenvalue weighted by Crippen LogP contribution is 2.25. The lowest BCUT2D eigenvalue weighted by atomic mass is 10.2. The summed E-state index contributed by atoms with van der Waals surface area (Å²) >= 11 is 1.26. The van der Waals surface area contributed by atoms with Crippen molar-refractivity contribution in [3.63, 3.8) is 0 Å². The molecular weight excluding hydrogens is 375 g/mol. The van der Waals surface area contributed by atoms with Crippen molar-refractivity contribution in [3.8, 4) is 11.8 Å². The smallest absolute Gasteiger partial charge is 0.181 e. The molecule has 4 aromatic rings. The van der Waals surface area contributed by atoms with E-state index in [1.165, 1.54) is 18.1 Å². The molecule has 8 heteroatoms. The number of nitrogens with one attached hydrogen (secondary N) is 2. The molecule has 0 aliphatic carbocycles. The summed E-state index contributed by atoms with van der Waals surface area (Å²) in [6, 6.07) is 7.24. The molecule has 138 valence electrons. The van der Waals surface area contributed by atoms with E-state index in [9.17, 15) is 4.39 Å². The fourth-order valence-electron chi connectivity index (χ4n) is 2.54. The van der Waals surface area contributed by atoms with Crippen LogP contribution < -0.4 is 4.72 Å². The molecule has 0 saturated carbocycles. The maximum Gasteiger partial charge on any atom is 0.181 e. The number of hydrogen-bond donors (Lipinski definition) is 2. The van der Waals surface area contributed by atoms with Gasteiger partial charge in [-0.2, -0.15) is 5.10 Å². The summed E-state index contributed by atoms with van der Waals surface area (Å²) in [7, 11) is 0. The van der Waals surface area contributed by atoms with Crippen molar-refractivity contribution in [3.05, 3.63) is 71.2 Å². The lowest BCUT2D eigenvalue weighted by Crippen LogP contribution is -1.98. The minimum atomic E-state index is -0.502. The molecule has 0 saturated heterocycles. The summed E-state index contributed by atoms with van der Waals surface area (Å²) < 4.78 is 17.7. The van der Waals surface area contributed by atoms with Crippen LogP contribution in [-0.4, -0.2) is 25.1 Å². The minimum absolute atomic E-state index is 0.125. The zero-order valence-corrected chi connectivity index (χ0v) is 15.9. The number of rotatable bonds is 3. The van der Waals surface area contributed by atoms with Gasteiger partial charge in [-0.1, -0.05) is 11.8 Å². The van der Waals surface area contributed by atoms with Crippen molar-refractivity contribution in [1.29, 1.82) is 0 Å². The van der Waals surface area contributed by atoms with E-state index in [2.05, 4.69) is 41.7 Å². The van der Waals surface area contributed by atoms with Gasteiger partial charge in [0.15, 0.2) is 17.3 Å². The second-order valence-electron chi connectivity index (χ2n) is 6.04. The Morgan fingerprint density at radius 3 is 2.86 bits per heavy atom. The summed E-state index contributed by atoms with van der Waals surface area (Å²) in [6.07, 6.45) is 4.81. The molecule has 0 unspecified atom stereocenters. The van der Waals surface area contributed by atoms with Gasteiger partial charge < -0.3 is 4.72 Å². The van der Waals surface area contributed by atoms with Gasteiger partial charge in [-0.15, -0.1) is 0 Å². The number of aryl methyl sites for hydroxylation is 2. The van der Waals surface area contributed by atoms with Crippen molar-refractivity contribution in [2.45, 2.75) is 18.7 Å². The topological polar surface area (TPSA) is 79.4 Å². The van der Waals surface area contributed by atoms with Crippen LogP contribution in [0.4, 0.5) is 10.2 Å². The largest absolute Gasteiger partial charge is 0.308 e. The molecular formula is C20H15FN6S. The van der Waals surface area contributed by atoms with Gasteiger partial charge in [0.05, 0.1) is 17.5 Å². The van der Waals surface area contributed by atoms with Crippen LogP contribution in [-0.2, 0) is 0 Å². The summed E-state index contributed by atoms with van der Waals surface area (Å²) in [4.78, 5) is 13.6. The van der Waals surface area contributed by atoms with Crippen molar-refractivity contribution in [2.75, 3.05) is 4.72 Å². The fraction of sp³-hybridized carbons (Fsp3) is 0.100. The molecule has 4 rings (SSSR count). The van der Waals surface area contributed by atoms with Crippen LogP contribution >= 0.6 is 11.9 Å². The molecule has 28 heavy (non-hydrogen) atoms. The number of pyridine rings is 3. The highest BCUT2D eigenvalue weighted by Gasteiger charge is 2.09. The third-order valence-corrected chi connectivity index (χ3v) is 4.90. The molecule has 0 atom stereocenters. The third kappa shape index (κ3) is 3.80. The minimum Gasteiger partial charge on any atom is -0.308 e. The molecule has 4 heterocycles. The second kappa shape index (κ2) is 7.66. The number of halogens is 1. The Balaban J connectivity index is 1.55. The first kappa shape index (κ1) is 17.9. The number of hydrogen-bond acceptors (Lipinski definition) is 6. The van der Waals surface area contributed by atoms with Crippen molar-refractivity contribution >= 4 is 28.8 Å². The van der Waals surface area contributed by atoms with E-state index in [0.717, 1.165) is 21.7 Å². The highest BCUT2D eigenvalue weighted by molar-refractivity contribution is 8.00. The number of aromatic amines is 1. The third-order valence-electron chi connectivity index (χ3n) is 3.96. The first-order valence-corrected chi connectivity index (χ1v) is 9.24. The van der Waals surface area contributed by atoms with E-state index in [1.54, 1.807) is 18.5 Å². The van der Waals surface area contributed by atoms with Gasteiger partial charge in [0.25, 0.3) is 0 Å². The Labute approximate surface area is 165 Å². The molecule has 4 aromatic heterocycles. The number of anilines is 1. The van der Waals surface area contributed by atoms with Crippen molar-refractivity contribution < 1.29 is 4.39 Å². The molecule has 0 bridgehead atoms. The number of nitrogens with zero attached hydrogens (tertiary/aromatic N) is 4. The van der Waals surface area contributed by atoms with Gasteiger partial charge in [-0.05, 0) is 50.1 Å². The van der Waals surface area contributed by atoms with Crippen LogP contribution in [0.25, 0.3) is 11.0 Å². The van der Waals surface area contributed by atoms with Gasteiger partial charge in [-0.3, -0.25) is 10.1 Å². The summed E-state index contributed by atoms with van der Waals surface area (Å²) in [5, 5.41) is 7.55. The Kier molecular flexibility index (Phi) is 4.91. The first-order chi connectivity index (χ1) is 13.6. The molecule has 0 aliphatic rings. The summed E-state index contributed by atoms with van der Waals surface area (Å²) in [6.45, 7) is 3.84. The molecule has 6 nitrogen and oxygen atoms in total. The Morgan fingerprint density at radius 2 is 2.00 bits per heavy atom. The van der Waals surface area contributed by atoms with Crippen LogP contribution in [0.15, 0.2) is 47.8 Å². The standard InChI is InChI=1S/C20H15FN6S/c1-12-3-6-17(13(2)25-12)28-27-20-18(21)15(7-8-22-20)5-4-14-9-16-11-24-26-19(16)23-10-14/h3,6-11H,1-2H3,(H,22,27)(H,23,24,26). The van der Waals surface area contributed by atoms with Crippen molar-refractivity contribution in [2.24, 2.45) is 0 Å². The Hall–Kier alpha value is -3.44. The van der Waals surface area contributed by atoms with Gasteiger partial charge in [-0.25, -0.2) is 14.4 Å². The molecule has 0 radical (unpaired) electrons. The average Bonchev–Trinajstić information content (AvgIpc) is 3.15. The van der Waals surface area contributed by atoms with Crippen LogP contribution in [0.3, 0.4) is 0 Å². The maximum atomic E-state index is 14.8. The van der Waals surface area contributed by atoms with Gasteiger partial charge in [0.1, 0.15) is 0 Å². The van der Waals surface area contributed by atoms with Gasteiger partial charge in [0.2, 0.25) is 0 Å². The van der Waals surface area contributed by atoms with Crippen LogP contribution in [0.2, 0.25) is 0 Å². The predicted octanol–water partition coefficient (Wildman–Crippen LogP) is 4.02. The average molecular weight is 390 g/mol. The molecule has 0 aliphatic heterocycles. The lowest BCUT2D eigenvalue weighted by Gasteiger charge is -2.08. The number of H-pyrrole nitrogens is 1. The lowest BCUT2D eigenvalue weighted by molar-refractivity contribution is 0.624. The SMILES string of the molecule is Cc1ccc(SNc2nccc(C#Cc3cnc4[nH]ncc4c3)c2F)c(C)n1. The van der Waals surface area contributed by atoms with E-state index in [4.69, 9.17) is 0 Å². The molecule has 0 spiro atoms. The summed E-state index contributed by atoms with van der Waals surface area (Å²) in [5.74, 6) is 5.40. The van der Waals surface area contributed by atoms with E-state index >= 15 is 0 Å². The van der Waals surface area contributed by atoms with E-state index < -0.39 is 5.82 Å². The Bertz CT molecular complexity index is 1220. The number of aromatic nitrogens is 5. The van der Waals surface area contributed by atoms with E-state index in [1.807, 2.05) is 32.0 Å². The van der Waals surface area contributed by atoms with E-state index in [-0.39, 0.29) is 11.4 Å². The predicted molar refractivity (Wildman–Crippen MR) is 107 cm³/mol. The highest BCUT2D eigenvalue weighted by atomic mass is 32.2. The van der Waals surface area contributed by atoms with Crippen LogP contribution in [0, 0.1) is 31.5 Å². The van der Waals surface area contributed by atoms with Gasteiger partial charge >= 0.3 is 0 Å². The van der Waals surface area contributed by atoms with Crippen molar-refractivity contribution in [1.82, 2.24) is 25.1 Å². The molecule has 0 amide bonds. The van der Waals surface area contributed by atoms with Crippen LogP contribution in [0.5, 0.6) is 0 Å². The summed E-state index contributed by atoms with van der Waals surface area (Å²) in [5.41, 5.74) is 3.42. The van der Waals surface area contributed by atoms with Gasteiger partial charge in [0, 0.05) is 33.9 Å². The second-order valence-corrected chi connectivity index (χ2v) is 6.89. The van der Waals surface area contributed by atoms with Crippen LogP contribution in [0.1, 0.15) is 22.5 Å². The normalized spacial score (nSPS) is 10.5. The molecule has 0 aromatic carbocycles. The van der Waals surface area contributed by atoms with E-state index in [0.29, 0.717) is 11.2 Å².